The number of rotatable bonds is 2. The molecular weight excluding hydrogens is 182 g/mol. The number of hydrogen-bond acceptors (Lipinski definition) is 1. The molecule has 0 unspecified atom stereocenters. The standard InChI is InChI=1S/C11H14ClN/c1-7-2-5-9(10(12)6-7)11(13)8-3-4-8/h2,5-6,8,11H,3-4,13H2,1H3/t11-/m1/s1. The Hall–Kier alpha value is -0.530. The van der Waals surface area contributed by atoms with Crippen LogP contribution in [0.5, 0.6) is 0 Å². The van der Waals surface area contributed by atoms with Crippen molar-refractivity contribution in [1.82, 2.24) is 0 Å². The van der Waals surface area contributed by atoms with E-state index in [0.29, 0.717) is 5.92 Å². The molecule has 1 aliphatic rings. The first-order valence-corrected chi connectivity index (χ1v) is 5.08. The van der Waals surface area contributed by atoms with Crippen molar-refractivity contribution < 1.29 is 0 Å². The van der Waals surface area contributed by atoms with Crippen molar-refractivity contribution >= 4 is 11.6 Å². The second-order valence-corrected chi connectivity index (χ2v) is 4.30. The van der Waals surface area contributed by atoms with Gasteiger partial charge in [-0.2, -0.15) is 0 Å². The average Bonchev–Trinajstić information content (AvgIpc) is 2.85. The summed E-state index contributed by atoms with van der Waals surface area (Å²) in [7, 11) is 0. The van der Waals surface area contributed by atoms with Gasteiger partial charge >= 0.3 is 0 Å². The summed E-state index contributed by atoms with van der Waals surface area (Å²) < 4.78 is 0. The number of aryl methyl sites for hydroxylation is 1. The Morgan fingerprint density at radius 2 is 2.15 bits per heavy atom. The van der Waals surface area contributed by atoms with Gasteiger partial charge in [-0.1, -0.05) is 23.7 Å². The molecule has 0 amide bonds. The molecule has 0 spiro atoms. The number of nitrogens with two attached hydrogens (primary N) is 1. The Morgan fingerprint density at radius 3 is 2.69 bits per heavy atom. The Labute approximate surface area is 83.9 Å². The quantitative estimate of drug-likeness (QED) is 0.772. The second-order valence-electron chi connectivity index (χ2n) is 3.89. The van der Waals surface area contributed by atoms with Crippen LogP contribution in [0.15, 0.2) is 18.2 Å². The third-order valence-electron chi connectivity index (χ3n) is 2.64. The highest BCUT2D eigenvalue weighted by atomic mass is 35.5. The van der Waals surface area contributed by atoms with Crippen LogP contribution >= 0.6 is 11.6 Å². The van der Waals surface area contributed by atoms with Crippen LogP contribution < -0.4 is 5.73 Å². The molecule has 2 N–H and O–H groups in total. The molecule has 13 heavy (non-hydrogen) atoms. The van der Waals surface area contributed by atoms with E-state index < -0.39 is 0 Å². The van der Waals surface area contributed by atoms with Crippen LogP contribution in [0.1, 0.15) is 30.0 Å². The topological polar surface area (TPSA) is 26.0 Å². The lowest BCUT2D eigenvalue weighted by Crippen LogP contribution is -2.12. The summed E-state index contributed by atoms with van der Waals surface area (Å²) in [5.41, 5.74) is 8.36. The predicted octanol–water partition coefficient (Wildman–Crippen LogP) is 3.06. The molecule has 70 valence electrons. The largest absolute Gasteiger partial charge is 0.324 e. The fourth-order valence-electron chi connectivity index (χ4n) is 1.61. The zero-order valence-electron chi connectivity index (χ0n) is 7.76. The molecule has 0 heterocycles. The Bertz CT molecular complexity index is 318. The van der Waals surface area contributed by atoms with Gasteiger partial charge in [-0.05, 0) is 42.9 Å². The van der Waals surface area contributed by atoms with Crippen LogP contribution in [0, 0.1) is 12.8 Å². The summed E-state index contributed by atoms with van der Waals surface area (Å²) in [6.45, 7) is 2.04. The van der Waals surface area contributed by atoms with Crippen LogP contribution in [-0.4, -0.2) is 0 Å². The first-order valence-electron chi connectivity index (χ1n) is 4.70. The minimum Gasteiger partial charge on any atom is -0.324 e. The van der Waals surface area contributed by atoms with Gasteiger partial charge in [0.25, 0.3) is 0 Å². The van der Waals surface area contributed by atoms with Crippen LogP contribution in [0.3, 0.4) is 0 Å². The lowest BCUT2D eigenvalue weighted by atomic mass is 10.0. The third kappa shape index (κ3) is 1.87. The van der Waals surface area contributed by atoms with Crippen molar-refractivity contribution in [2.45, 2.75) is 25.8 Å². The Morgan fingerprint density at radius 1 is 1.46 bits per heavy atom. The molecule has 1 fully saturated rings. The molecule has 2 rings (SSSR count). The highest BCUT2D eigenvalue weighted by molar-refractivity contribution is 6.31. The van der Waals surface area contributed by atoms with Crippen LogP contribution in [0.25, 0.3) is 0 Å². The van der Waals surface area contributed by atoms with Gasteiger partial charge in [-0.3, -0.25) is 0 Å². The van der Waals surface area contributed by atoms with E-state index in [1.807, 2.05) is 13.0 Å². The van der Waals surface area contributed by atoms with Gasteiger partial charge < -0.3 is 5.73 Å². The van der Waals surface area contributed by atoms with E-state index >= 15 is 0 Å². The molecule has 0 saturated heterocycles. The van der Waals surface area contributed by atoms with E-state index in [9.17, 15) is 0 Å². The van der Waals surface area contributed by atoms with Crippen molar-refractivity contribution in [3.8, 4) is 0 Å². The van der Waals surface area contributed by atoms with Gasteiger partial charge in [0.1, 0.15) is 0 Å². The Balaban J connectivity index is 2.28. The second kappa shape index (κ2) is 3.32. The van der Waals surface area contributed by atoms with Crippen molar-refractivity contribution in [2.75, 3.05) is 0 Å². The van der Waals surface area contributed by atoms with Crippen molar-refractivity contribution in [3.63, 3.8) is 0 Å². The zero-order chi connectivity index (χ0) is 9.42. The van der Waals surface area contributed by atoms with E-state index in [4.69, 9.17) is 17.3 Å². The molecule has 1 saturated carbocycles. The van der Waals surface area contributed by atoms with E-state index in [-0.39, 0.29) is 6.04 Å². The lowest BCUT2D eigenvalue weighted by Gasteiger charge is -2.12. The van der Waals surface area contributed by atoms with E-state index in [1.165, 1.54) is 18.4 Å². The molecular formula is C11H14ClN. The summed E-state index contributed by atoms with van der Waals surface area (Å²) in [6, 6.07) is 6.26. The molecule has 1 nitrogen and oxygen atoms in total. The van der Waals surface area contributed by atoms with Gasteiger partial charge in [-0.25, -0.2) is 0 Å². The minimum atomic E-state index is 0.146. The molecule has 1 atom stereocenters. The van der Waals surface area contributed by atoms with Crippen molar-refractivity contribution in [2.24, 2.45) is 11.7 Å². The highest BCUT2D eigenvalue weighted by Crippen LogP contribution is 2.41. The van der Waals surface area contributed by atoms with Crippen LogP contribution in [-0.2, 0) is 0 Å². The smallest absolute Gasteiger partial charge is 0.0456 e. The summed E-state index contributed by atoms with van der Waals surface area (Å²) in [5, 5.41) is 0.819. The van der Waals surface area contributed by atoms with E-state index in [1.54, 1.807) is 0 Å². The minimum absolute atomic E-state index is 0.146. The van der Waals surface area contributed by atoms with Crippen LogP contribution in [0.4, 0.5) is 0 Å². The number of benzene rings is 1. The molecule has 1 aromatic carbocycles. The zero-order valence-corrected chi connectivity index (χ0v) is 8.51. The monoisotopic (exact) mass is 195 g/mol. The fourth-order valence-corrected chi connectivity index (χ4v) is 1.97. The van der Waals surface area contributed by atoms with Crippen LogP contribution in [0.2, 0.25) is 5.02 Å². The molecule has 2 heteroatoms. The van der Waals surface area contributed by atoms with E-state index in [2.05, 4.69) is 12.1 Å². The number of halogens is 1. The SMILES string of the molecule is Cc1ccc([C@H](N)C2CC2)c(Cl)c1. The maximum absolute atomic E-state index is 6.12. The first kappa shape index (κ1) is 9.04. The molecule has 0 aromatic heterocycles. The van der Waals surface area contributed by atoms with Gasteiger partial charge in [0, 0.05) is 11.1 Å². The van der Waals surface area contributed by atoms with Gasteiger partial charge in [0.2, 0.25) is 0 Å². The van der Waals surface area contributed by atoms with E-state index in [0.717, 1.165) is 10.6 Å². The summed E-state index contributed by atoms with van der Waals surface area (Å²) in [5.74, 6) is 0.667. The van der Waals surface area contributed by atoms with Gasteiger partial charge in [0.15, 0.2) is 0 Å². The lowest BCUT2D eigenvalue weighted by molar-refractivity contribution is 0.633. The molecule has 0 bridgehead atoms. The van der Waals surface area contributed by atoms with Crippen molar-refractivity contribution in [1.29, 1.82) is 0 Å². The van der Waals surface area contributed by atoms with Gasteiger partial charge in [-0.15, -0.1) is 0 Å². The number of hydrogen-bond donors (Lipinski definition) is 1. The fraction of sp³-hybridized carbons (Fsp3) is 0.455. The van der Waals surface area contributed by atoms with Crippen molar-refractivity contribution in [3.05, 3.63) is 34.3 Å². The molecule has 1 aromatic rings. The summed E-state index contributed by atoms with van der Waals surface area (Å²) in [4.78, 5) is 0. The normalized spacial score (nSPS) is 18.7. The average molecular weight is 196 g/mol. The Kier molecular flexibility index (Phi) is 2.31. The first-order chi connectivity index (χ1) is 6.18. The van der Waals surface area contributed by atoms with Gasteiger partial charge in [0.05, 0.1) is 0 Å². The highest BCUT2D eigenvalue weighted by Gasteiger charge is 2.30. The molecule has 0 aliphatic heterocycles. The third-order valence-corrected chi connectivity index (χ3v) is 2.97. The molecule has 1 aliphatic carbocycles. The maximum atomic E-state index is 6.12. The summed E-state index contributed by atoms with van der Waals surface area (Å²) >= 11 is 6.12. The predicted molar refractivity (Wildman–Crippen MR) is 55.8 cm³/mol. The summed E-state index contributed by atoms with van der Waals surface area (Å²) in [6.07, 6.45) is 2.51. The molecule has 0 radical (unpaired) electrons. The maximum Gasteiger partial charge on any atom is 0.0456 e.